The first kappa shape index (κ1) is 13.6. The first-order valence-electron chi connectivity index (χ1n) is 5.15. The number of amides is 2. The maximum Gasteiger partial charge on any atom is 0.433 e. The Morgan fingerprint density at radius 1 is 1.71 bits per heavy atom. The zero-order valence-corrected chi connectivity index (χ0v) is 10.5. The van der Waals surface area contributed by atoms with Crippen LogP contribution in [0.1, 0.15) is 13.8 Å². The fourth-order valence-corrected chi connectivity index (χ4v) is 1.98. The van der Waals surface area contributed by atoms with Crippen LogP contribution < -0.4 is 10.6 Å². The number of carbonyl (C=O) groups is 2. The largest absolute Gasteiger partial charge is 0.433 e. The maximum atomic E-state index is 11.3. The highest BCUT2D eigenvalue weighted by molar-refractivity contribution is 8.15. The average molecular weight is 257 g/mol. The predicted molar refractivity (Wildman–Crippen MR) is 66.8 cm³/mol. The number of hydrogen-bond donors (Lipinski definition) is 2. The minimum absolute atomic E-state index is 0.0439. The molecule has 6 nitrogen and oxygen atoms in total. The first-order valence-corrected chi connectivity index (χ1v) is 6.03. The summed E-state index contributed by atoms with van der Waals surface area (Å²) >= 11 is 1.28. The van der Waals surface area contributed by atoms with Gasteiger partial charge in [-0.05, 0) is 13.8 Å². The minimum atomic E-state index is -0.644. The van der Waals surface area contributed by atoms with Gasteiger partial charge in [-0.3, -0.25) is 9.63 Å². The fraction of sp³-hybridized carbons (Fsp3) is 0.500. The number of nitrogens with one attached hydrogen (secondary N) is 2. The normalized spacial score (nSPS) is 26.2. The van der Waals surface area contributed by atoms with E-state index >= 15 is 0 Å². The van der Waals surface area contributed by atoms with Crippen molar-refractivity contribution in [3.05, 3.63) is 12.7 Å². The van der Waals surface area contributed by atoms with Gasteiger partial charge in [0.05, 0.1) is 11.3 Å². The van der Waals surface area contributed by atoms with Crippen molar-refractivity contribution >= 4 is 28.8 Å². The molecule has 0 saturated carbocycles. The van der Waals surface area contributed by atoms with E-state index in [1.165, 1.54) is 17.8 Å². The Bertz CT molecular complexity index is 357. The third-order valence-corrected chi connectivity index (χ3v) is 3.24. The summed E-state index contributed by atoms with van der Waals surface area (Å²) in [6, 6.07) is -0.240. The van der Waals surface area contributed by atoms with E-state index < -0.39 is 6.09 Å². The molecule has 0 aromatic rings. The molecule has 94 valence electrons. The van der Waals surface area contributed by atoms with Crippen molar-refractivity contribution in [2.75, 3.05) is 6.54 Å². The van der Waals surface area contributed by atoms with Crippen LogP contribution in [0.2, 0.25) is 0 Å². The Hall–Kier alpha value is -1.50. The lowest BCUT2D eigenvalue weighted by Crippen LogP contribution is -2.47. The maximum absolute atomic E-state index is 11.3. The van der Waals surface area contributed by atoms with Gasteiger partial charge in [-0.25, -0.2) is 4.79 Å². The molecule has 0 radical (unpaired) electrons. The van der Waals surface area contributed by atoms with Crippen molar-refractivity contribution in [2.24, 2.45) is 5.16 Å². The molecule has 17 heavy (non-hydrogen) atoms. The van der Waals surface area contributed by atoms with Gasteiger partial charge in [-0.15, -0.1) is 6.58 Å². The van der Waals surface area contributed by atoms with E-state index in [2.05, 4.69) is 27.2 Å². The van der Waals surface area contributed by atoms with Crippen LogP contribution >= 0.6 is 11.8 Å². The summed E-state index contributed by atoms with van der Waals surface area (Å²) in [7, 11) is 0. The Balaban J connectivity index is 2.51. The van der Waals surface area contributed by atoms with Crippen molar-refractivity contribution in [1.82, 2.24) is 10.6 Å². The molecule has 2 amide bonds. The molecule has 7 heteroatoms. The number of nitrogens with zero attached hydrogens (tertiary/aromatic N) is 1. The summed E-state index contributed by atoms with van der Waals surface area (Å²) in [6.07, 6.45) is 0.893. The van der Waals surface area contributed by atoms with Crippen LogP contribution in [-0.4, -0.2) is 34.9 Å². The van der Waals surface area contributed by atoms with Gasteiger partial charge in [-0.2, -0.15) is 0 Å². The van der Waals surface area contributed by atoms with Gasteiger partial charge in [0.2, 0.25) is 5.91 Å². The summed E-state index contributed by atoms with van der Waals surface area (Å²) in [5, 5.41) is 9.22. The number of carbonyl (C=O) groups excluding carboxylic acids is 2. The van der Waals surface area contributed by atoms with E-state index in [-0.39, 0.29) is 17.2 Å². The Labute approximate surface area is 104 Å². The number of hydrogen-bond acceptors (Lipinski definition) is 5. The van der Waals surface area contributed by atoms with Crippen molar-refractivity contribution in [3.8, 4) is 0 Å². The topological polar surface area (TPSA) is 79.8 Å². The van der Waals surface area contributed by atoms with E-state index in [0.29, 0.717) is 11.6 Å². The van der Waals surface area contributed by atoms with Crippen LogP contribution in [0.5, 0.6) is 0 Å². The molecule has 0 aromatic carbocycles. The molecule has 1 aliphatic rings. The van der Waals surface area contributed by atoms with Gasteiger partial charge in [-0.1, -0.05) is 23.0 Å². The van der Waals surface area contributed by atoms with Gasteiger partial charge in [0.1, 0.15) is 5.04 Å². The van der Waals surface area contributed by atoms with Gasteiger partial charge >= 0.3 is 6.09 Å². The summed E-state index contributed by atoms with van der Waals surface area (Å²) < 4.78 is 0. The van der Waals surface area contributed by atoms with Crippen molar-refractivity contribution in [3.63, 3.8) is 0 Å². The van der Waals surface area contributed by atoms with Crippen molar-refractivity contribution in [2.45, 2.75) is 25.1 Å². The number of thioether (sulfide) groups is 1. The Morgan fingerprint density at radius 2 is 2.41 bits per heavy atom. The fourth-order valence-electron chi connectivity index (χ4n) is 1.10. The molecule has 0 aromatic heterocycles. The van der Waals surface area contributed by atoms with E-state index in [1.807, 2.05) is 0 Å². The van der Waals surface area contributed by atoms with Gasteiger partial charge in [0.15, 0.2) is 0 Å². The molecular formula is C10H15N3O3S. The third-order valence-electron chi connectivity index (χ3n) is 2.01. The molecule has 2 atom stereocenters. The predicted octanol–water partition coefficient (Wildman–Crippen LogP) is 0.852. The highest BCUT2D eigenvalue weighted by Crippen LogP contribution is 2.20. The van der Waals surface area contributed by atoms with E-state index in [0.717, 1.165) is 0 Å². The number of oxime groups is 1. The molecule has 1 aliphatic heterocycles. The third kappa shape index (κ3) is 4.10. The molecule has 1 saturated heterocycles. The van der Waals surface area contributed by atoms with Crippen LogP contribution in [-0.2, 0) is 9.63 Å². The zero-order valence-electron chi connectivity index (χ0n) is 9.73. The van der Waals surface area contributed by atoms with E-state index in [1.54, 1.807) is 13.8 Å². The number of rotatable bonds is 3. The summed E-state index contributed by atoms with van der Waals surface area (Å²) in [4.78, 5) is 27.1. The quantitative estimate of drug-likeness (QED) is 0.446. The monoisotopic (exact) mass is 257 g/mol. The van der Waals surface area contributed by atoms with Gasteiger partial charge < -0.3 is 10.6 Å². The van der Waals surface area contributed by atoms with Crippen LogP contribution in [0.25, 0.3) is 0 Å². The summed E-state index contributed by atoms with van der Waals surface area (Å²) in [5.41, 5.74) is 0. The Kier molecular flexibility index (Phi) is 5.02. The summed E-state index contributed by atoms with van der Waals surface area (Å²) in [5.74, 6) is -0.0439. The molecule has 0 spiro atoms. The van der Waals surface area contributed by atoms with Crippen LogP contribution in [0.15, 0.2) is 17.8 Å². The van der Waals surface area contributed by atoms with Crippen molar-refractivity contribution in [1.29, 1.82) is 0 Å². The molecular weight excluding hydrogens is 242 g/mol. The SMILES string of the molecule is C=CCNC(=O)ON=C1SC(C)C(=O)NC1C. The molecule has 1 rings (SSSR count). The lowest BCUT2D eigenvalue weighted by molar-refractivity contribution is -0.120. The molecule has 0 aliphatic carbocycles. The van der Waals surface area contributed by atoms with Crippen molar-refractivity contribution < 1.29 is 14.4 Å². The van der Waals surface area contributed by atoms with E-state index in [4.69, 9.17) is 0 Å². The smallest absolute Gasteiger partial charge is 0.346 e. The molecule has 1 heterocycles. The van der Waals surface area contributed by atoms with Crippen LogP contribution in [0.3, 0.4) is 0 Å². The average Bonchev–Trinajstić information content (AvgIpc) is 2.29. The standard InChI is InChI=1S/C10H15N3O3S/c1-4-5-11-10(15)16-13-9-6(2)12-8(14)7(3)17-9/h4,6-7H,1,5H2,2-3H3,(H,11,15)(H,12,14). The highest BCUT2D eigenvalue weighted by Gasteiger charge is 2.28. The second-order valence-electron chi connectivity index (χ2n) is 3.47. The van der Waals surface area contributed by atoms with Gasteiger partial charge in [0, 0.05) is 6.54 Å². The molecule has 2 unspecified atom stereocenters. The van der Waals surface area contributed by atoms with Crippen LogP contribution in [0, 0.1) is 0 Å². The minimum Gasteiger partial charge on any atom is -0.346 e. The lowest BCUT2D eigenvalue weighted by atomic mass is 10.3. The highest BCUT2D eigenvalue weighted by atomic mass is 32.2. The second kappa shape index (κ2) is 6.29. The van der Waals surface area contributed by atoms with Gasteiger partial charge in [0.25, 0.3) is 0 Å². The summed E-state index contributed by atoms with van der Waals surface area (Å²) in [6.45, 7) is 7.32. The molecule has 2 N–H and O–H groups in total. The Morgan fingerprint density at radius 3 is 3.06 bits per heavy atom. The zero-order chi connectivity index (χ0) is 12.8. The molecule has 1 fully saturated rings. The molecule has 0 bridgehead atoms. The first-order chi connectivity index (χ1) is 8.04. The lowest BCUT2D eigenvalue weighted by Gasteiger charge is -2.24. The second-order valence-corrected chi connectivity index (χ2v) is 4.83. The van der Waals surface area contributed by atoms with E-state index in [9.17, 15) is 9.59 Å². The van der Waals surface area contributed by atoms with Crippen LogP contribution in [0.4, 0.5) is 4.79 Å².